The summed E-state index contributed by atoms with van der Waals surface area (Å²) in [6.07, 6.45) is 3.47. The number of piperidine rings is 1. The van der Waals surface area contributed by atoms with Crippen LogP contribution in [-0.2, 0) is 9.47 Å². The van der Waals surface area contributed by atoms with Crippen LogP contribution in [0, 0.1) is 5.82 Å². The van der Waals surface area contributed by atoms with Crippen molar-refractivity contribution in [2.24, 2.45) is 0 Å². The molecule has 1 amide bonds. The maximum Gasteiger partial charge on any atom is 0.410 e. The van der Waals surface area contributed by atoms with Gasteiger partial charge in [-0.1, -0.05) is 11.6 Å². The minimum Gasteiger partial charge on any atom is -0.486 e. The van der Waals surface area contributed by atoms with E-state index in [1.54, 1.807) is 11.0 Å². The van der Waals surface area contributed by atoms with E-state index >= 15 is 0 Å². The molecule has 9 nitrogen and oxygen atoms in total. The smallest absolute Gasteiger partial charge is 0.410 e. The highest BCUT2D eigenvalue weighted by molar-refractivity contribution is 6.31. The van der Waals surface area contributed by atoms with Gasteiger partial charge in [0.15, 0.2) is 0 Å². The van der Waals surface area contributed by atoms with E-state index in [0.29, 0.717) is 49.1 Å². The number of nitrogens with one attached hydrogen (secondary N) is 2. The van der Waals surface area contributed by atoms with Crippen molar-refractivity contribution in [3.8, 4) is 5.75 Å². The lowest BCUT2D eigenvalue weighted by molar-refractivity contribution is 0.0210. The van der Waals surface area contributed by atoms with Crippen molar-refractivity contribution in [2.75, 3.05) is 36.9 Å². The van der Waals surface area contributed by atoms with Crippen molar-refractivity contribution in [3.05, 3.63) is 47.5 Å². The number of rotatable bonds is 6. The van der Waals surface area contributed by atoms with Gasteiger partial charge >= 0.3 is 6.09 Å². The highest BCUT2D eigenvalue weighted by Gasteiger charge is 2.28. The van der Waals surface area contributed by atoms with Crippen LogP contribution in [0.2, 0.25) is 5.02 Å². The first-order valence-corrected chi connectivity index (χ1v) is 13.5. The second-order valence-corrected chi connectivity index (χ2v) is 11.2. The first kappa shape index (κ1) is 27.2. The molecule has 0 spiro atoms. The second-order valence-electron chi connectivity index (χ2n) is 10.8. The van der Waals surface area contributed by atoms with Crippen LogP contribution >= 0.6 is 11.6 Å². The van der Waals surface area contributed by atoms with E-state index in [4.69, 9.17) is 25.8 Å². The average Bonchev–Trinajstić information content (AvgIpc) is 3.39. The molecule has 0 radical (unpaired) electrons. The maximum atomic E-state index is 13.7. The van der Waals surface area contributed by atoms with Gasteiger partial charge in [-0.05, 0) is 57.9 Å². The van der Waals surface area contributed by atoms with Crippen molar-refractivity contribution in [1.82, 2.24) is 14.9 Å². The van der Waals surface area contributed by atoms with E-state index in [2.05, 4.69) is 20.6 Å². The molecule has 208 valence electrons. The monoisotopic (exact) mass is 557 g/mol. The number of carbonyl (C=O) groups is 1. The van der Waals surface area contributed by atoms with Crippen LogP contribution in [0.15, 0.2) is 36.7 Å². The average molecular weight is 558 g/mol. The van der Waals surface area contributed by atoms with E-state index in [1.165, 1.54) is 18.5 Å². The molecule has 5 rings (SSSR count). The Labute approximate surface area is 232 Å². The number of fused-ring (bicyclic) bond motifs is 1. The zero-order valence-electron chi connectivity index (χ0n) is 22.3. The summed E-state index contributed by atoms with van der Waals surface area (Å²) in [7, 11) is 0. The van der Waals surface area contributed by atoms with Gasteiger partial charge in [0, 0.05) is 42.7 Å². The lowest BCUT2D eigenvalue weighted by Gasteiger charge is -2.34. The third-order valence-electron chi connectivity index (χ3n) is 6.61. The number of ether oxygens (including phenoxy) is 3. The van der Waals surface area contributed by atoms with Crippen molar-refractivity contribution in [1.29, 1.82) is 0 Å². The molecule has 2 saturated heterocycles. The normalized spacial score (nSPS) is 18.3. The lowest BCUT2D eigenvalue weighted by atomic mass is 10.0. The zero-order valence-corrected chi connectivity index (χ0v) is 23.1. The highest BCUT2D eigenvalue weighted by atomic mass is 35.5. The van der Waals surface area contributed by atoms with Crippen molar-refractivity contribution in [2.45, 2.75) is 57.8 Å². The second kappa shape index (κ2) is 11.4. The van der Waals surface area contributed by atoms with E-state index in [-0.39, 0.29) is 23.3 Å². The van der Waals surface area contributed by atoms with E-state index in [1.807, 2.05) is 32.9 Å². The van der Waals surface area contributed by atoms with Crippen LogP contribution in [0.3, 0.4) is 0 Å². The van der Waals surface area contributed by atoms with Crippen LogP contribution in [0.4, 0.5) is 26.4 Å². The molecule has 2 aromatic carbocycles. The number of benzene rings is 2. The predicted molar refractivity (Wildman–Crippen MR) is 149 cm³/mol. The fraction of sp³-hybridized carbons (Fsp3) is 0.464. The Bertz CT molecular complexity index is 1340. The number of anilines is 3. The quantitative estimate of drug-likeness (QED) is 0.373. The molecule has 39 heavy (non-hydrogen) atoms. The van der Waals surface area contributed by atoms with Gasteiger partial charge in [-0.25, -0.2) is 19.2 Å². The topological polar surface area (TPSA) is 97.8 Å². The molecule has 2 aliphatic rings. The Kier molecular flexibility index (Phi) is 7.95. The van der Waals surface area contributed by atoms with Gasteiger partial charge < -0.3 is 29.7 Å². The van der Waals surface area contributed by atoms with E-state index < -0.39 is 11.4 Å². The first-order chi connectivity index (χ1) is 18.6. The molecule has 1 unspecified atom stereocenters. The largest absolute Gasteiger partial charge is 0.486 e. The summed E-state index contributed by atoms with van der Waals surface area (Å²) in [5.41, 5.74) is 1.58. The van der Waals surface area contributed by atoms with Crippen LogP contribution < -0.4 is 15.4 Å². The predicted octanol–water partition coefficient (Wildman–Crippen LogP) is 6.15. The number of nitrogens with zero attached hydrogens (tertiary/aromatic N) is 3. The molecular formula is C28H33ClFN5O4. The van der Waals surface area contributed by atoms with Gasteiger partial charge in [-0.2, -0.15) is 0 Å². The number of carbonyl (C=O) groups excluding carboxylic acids is 1. The Hall–Kier alpha value is -3.37. The van der Waals surface area contributed by atoms with Crippen molar-refractivity contribution >= 4 is 45.8 Å². The molecule has 1 aromatic heterocycles. The third-order valence-corrected chi connectivity index (χ3v) is 6.90. The molecule has 2 fully saturated rings. The minimum absolute atomic E-state index is 0.0212. The molecule has 0 aliphatic carbocycles. The fourth-order valence-corrected chi connectivity index (χ4v) is 4.82. The summed E-state index contributed by atoms with van der Waals surface area (Å²) in [6, 6.07) is 8.41. The number of hydrogen-bond acceptors (Lipinski definition) is 8. The van der Waals surface area contributed by atoms with Crippen molar-refractivity contribution < 1.29 is 23.4 Å². The summed E-state index contributed by atoms with van der Waals surface area (Å²) >= 11 is 5.98. The summed E-state index contributed by atoms with van der Waals surface area (Å²) in [5.74, 6) is 0.750. The SMILES string of the molecule is CC(C)(C)OC(=O)N1CCC(Nc2cc3c(Nc4ccc(F)c(Cl)c4)ncnc3cc2OC2CCOC2)CC1. The summed E-state index contributed by atoms with van der Waals surface area (Å²) < 4.78 is 31.1. The van der Waals surface area contributed by atoms with Gasteiger partial charge in [0.1, 0.15) is 35.4 Å². The molecule has 0 saturated carbocycles. The standard InChI is InChI=1S/C28H33ClFN5O4/c1-28(2,3)39-27(36)35-9-6-17(7-10-35)33-24-13-20-23(14-25(24)38-19-8-11-37-15-19)31-16-32-26(20)34-18-4-5-22(30)21(29)12-18/h4-5,12-14,16-17,19,33H,6-11,15H2,1-3H3,(H,31,32,34). The van der Waals surface area contributed by atoms with Gasteiger partial charge in [0.2, 0.25) is 0 Å². The summed E-state index contributed by atoms with van der Waals surface area (Å²) in [4.78, 5) is 23.1. The van der Waals surface area contributed by atoms with E-state index in [0.717, 1.165) is 30.3 Å². The van der Waals surface area contributed by atoms with Crippen LogP contribution in [0.25, 0.3) is 10.9 Å². The third kappa shape index (κ3) is 6.80. The number of aromatic nitrogens is 2. The van der Waals surface area contributed by atoms with Gasteiger partial charge in [0.05, 0.1) is 29.4 Å². The zero-order chi connectivity index (χ0) is 27.6. The number of likely N-dealkylation sites (tertiary alicyclic amines) is 1. The summed E-state index contributed by atoms with van der Waals surface area (Å²) in [5, 5.41) is 7.65. The first-order valence-electron chi connectivity index (χ1n) is 13.1. The Balaban J connectivity index is 1.39. The molecule has 2 N–H and O–H groups in total. The minimum atomic E-state index is -0.527. The molecule has 0 bridgehead atoms. The Morgan fingerprint density at radius 3 is 2.64 bits per heavy atom. The maximum absolute atomic E-state index is 13.7. The summed E-state index contributed by atoms with van der Waals surface area (Å²) in [6.45, 7) is 7.99. The highest BCUT2D eigenvalue weighted by Crippen LogP contribution is 2.36. The Morgan fingerprint density at radius 1 is 1.15 bits per heavy atom. The van der Waals surface area contributed by atoms with Crippen LogP contribution in [0.5, 0.6) is 5.75 Å². The van der Waals surface area contributed by atoms with Gasteiger partial charge in [-0.15, -0.1) is 0 Å². The molecule has 3 heterocycles. The van der Waals surface area contributed by atoms with E-state index in [9.17, 15) is 9.18 Å². The number of halogens is 2. The van der Waals surface area contributed by atoms with Crippen molar-refractivity contribution in [3.63, 3.8) is 0 Å². The number of amides is 1. The molecule has 3 aromatic rings. The number of hydrogen-bond donors (Lipinski definition) is 2. The lowest BCUT2D eigenvalue weighted by Crippen LogP contribution is -2.44. The Morgan fingerprint density at radius 2 is 1.95 bits per heavy atom. The molecular weight excluding hydrogens is 525 g/mol. The molecule has 2 aliphatic heterocycles. The van der Waals surface area contributed by atoms with Crippen LogP contribution in [-0.4, -0.2) is 65.0 Å². The molecule has 11 heteroatoms. The van der Waals surface area contributed by atoms with Gasteiger partial charge in [-0.3, -0.25) is 0 Å². The molecule has 1 atom stereocenters. The van der Waals surface area contributed by atoms with Gasteiger partial charge in [0.25, 0.3) is 0 Å². The fourth-order valence-electron chi connectivity index (χ4n) is 4.64. The van der Waals surface area contributed by atoms with Crippen LogP contribution in [0.1, 0.15) is 40.0 Å².